The maximum Gasteiger partial charge on any atom is 0.0703 e. The molecule has 5 aromatic carbocycles. The van der Waals surface area contributed by atoms with Crippen LogP contribution in [0.1, 0.15) is 0 Å². The number of nitrogens with zero attached hydrogens (tertiary/aromatic N) is 2. The predicted molar refractivity (Wildman–Crippen MR) is 143 cm³/mol. The van der Waals surface area contributed by atoms with Gasteiger partial charge in [-0.15, -0.1) is 0 Å². The Labute approximate surface area is 202 Å². The summed E-state index contributed by atoms with van der Waals surface area (Å²) in [5.41, 5.74) is 9.33. The summed E-state index contributed by atoms with van der Waals surface area (Å²) in [6.45, 7) is 0. The minimum absolute atomic E-state index is 1.07. The van der Waals surface area contributed by atoms with Crippen molar-refractivity contribution in [3.8, 4) is 11.1 Å². The van der Waals surface area contributed by atoms with E-state index in [1.165, 1.54) is 11.1 Å². The van der Waals surface area contributed by atoms with Crippen molar-refractivity contribution < 1.29 is 0 Å². The molecule has 0 bridgehead atoms. The Kier molecular flexibility index (Phi) is 4.97. The molecule has 0 saturated carbocycles. The fourth-order valence-corrected chi connectivity index (χ4v) is 4.81. The Balaban J connectivity index is 1.55. The minimum atomic E-state index is 1.07. The van der Waals surface area contributed by atoms with E-state index < -0.39 is 0 Å². The van der Waals surface area contributed by atoms with Crippen molar-refractivity contribution in [1.29, 1.82) is 0 Å². The summed E-state index contributed by atoms with van der Waals surface area (Å²) in [5.74, 6) is 0. The molecule has 33 heavy (non-hydrogen) atoms. The van der Waals surface area contributed by atoms with Crippen LogP contribution in [-0.4, -0.2) is 0 Å². The van der Waals surface area contributed by atoms with Crippen LogP contribution < -0.4 is 9.80 Å². The predicted octanol–water partition coefficient (Wildman–Crippen LogP) is 9.37. The molecule has 5 aromatic rings. The molecule has 1 heterocycles. The van der Waals surface area contributed by atoms with E-state index in [4.69, 9.17) is 0 Å². The lowest BCUT2D eigenvalue weighted by atomic mass is 10.0. The zero-order chi connectivity index (χ0) is 22.2. The van der Waals surface area contributed by atoms with Gasteiger partial charge in [0.05, 0.1) is 22.7 Å². The molecule has 0 N–H and O–H groups in total. The van der Waals surface area contributed by atoms with Gasteiger partial charge in [-0.1, -0.05) is 82.7 Å². The van der Waals surface area contributed by atoms with E-state index >= 15 is 0 Å². The molecule has 0 radical (unpaired) electrons. The van der Waals surface area contributed by atoms with Gasteiger partial charge in [-0.3, -0.25) is 0 Å². The first-order chi connectivity index (χ1) is 16.3. The molecular weight excluding hydrogens is 468 g/mol. The summed E-state index contributed by atoms with van der Waals surface area (Å²) < 4.78 is 1.07. The van der Waals surface area contributed by atoms with Gasteiger partial charge in [0.2, 0.25) is 0 Å². The monoisotopic (exact) mass is 488 g/mol. The summed E-state index contributed by atoms with van der Waals surface area (Å²) in [6, 6.07) is 45.1. The average Bonchev–Trinajstić information content (AvgIpc) is 2.88. The van der Waals surface area contributed by atoms with Gasteiger partial charge in [-0.25, -0.2) is 0 Å². The van der Waals surface area contributed by atoms with Crippen molar-refractivity contribution in [3.63, 3.8) is 0 Å². The highest BCUT2D eigenvalue weighted by Crippen LogP contribution is 2.54. The van der Waals surface area contributed by atoms with Gasteiger partial charge in [0.1, 0.15) is 0 Å². The highest BCUT2D eigenvalue weighted by molar-refractivity contribution is 9.10. The van der Waals surface area contributed by atoms with Gasteiger partial charge < -0.3 is 9.80 Å². The average molecular weight is 489 g/mol. The number of halogens is 1. The third-order valence-electron chi connectivity index (χ3n) is 6.02. The quantitative estimate of drug-likeness (QED) is 0.244. The molecule has 1 aliphatic rings. The Bertz CT molecular complexity index is 1380. The number of rotatable bonds is 3. The molecule has 6 rings (SSSR count). The topological polar surface area (TPSA) is 6.48 Å². The molecule has 0 fully saturated rings. The zero-order valence-electron chi connectivity index (χ0n) is 17.9. The molecule has 2 nitrogen and oxygen atoms in total. The molecule has 0 saturated heterocycles. The van der Waals surface area contributed by atoms with Crippen molar-refractivity contribution in [2.75, 3.05) is 9.80 Å². The van der Waals surface area contributed by atoms with E-state index in [0.717, 1.165) is 38.6 Å². The summed E-state index contributed by atoms with van der Waals surface area (Å²) in [5, 5.41) is 0. The smallest absolute Gasteiger partial charge is 0.0703 e. The Morgan fingerprint density at radius 2 is 0.879 bits per heavy atom. The summed E-state index contributed by atoms with van der Waals surface area (Å²) in [4.78, 5) is 4.71. The van der Waals surface area contributed by atoms with Crippen LogP contribution in [0, 0.1) is 0 Å². The van der Waals surface area contributed by atoms with Gasteiger partial charge >= 0.3 is 0 Å². The second kappa shape index (κ2) is 8.27. The number of hydrogen-bond donors (Lipinski definition) is 0. The van der Waals surface area contributed by atoms with Crippen LogP contribution >= 0.6 is 15.9 Å². The fraction of sp³-hybridized carbons (Fsp3) is 0. The molecule has 0 unspecified atom stereocenters. The molecule has 0 amide bonds. The molecule has 0 aliphatic carbocycles. The van der Waals surface area contributed by atoms with Crippen molar-refractivity contribution in [2.24, 2.45) is 0 Å². The van der Waals surface area contributed by atoms with Crippen molar-refractivity contribution in [2.45, 2.75) is 0 Å². The van der Waals surface area contributed by atoms with Crippen LogP contribution in [0.15, 0.2) is 132 Å². The van der Waals surface area contributed by atoms with E-state index in [-0.39, 0.29) is 0 Å². The third-order valence-corrected chi connectivity index (χ3v) is 6.55. The highest BCUT2D eigenvalue weighted by Gasteiger charge is 2.30. The molecular formula is C30H21BrN2. The normalized spacial score (nSPS) is 12.3. The minimum Gasteiger partial charge on any atom is -0.306 e. The second-order valence-corrected chi connectivity index (χ2v) is 8.96. The largest absolute Gasteiger partial charge is 0.306 e. The van der Waals surface area contributed by atoms with E-state index in [2.05, 4.69) is 153 Å². The van der Waals surface area contributed by atoms with E-state index in [0.29, 0.717) is 0 Å². The molecule has 0 aromatic heterocycles. The maximum atomic E-state index is 3.57. The highest BCUT2D eigenvalue weighted by atomic mass is 79.9. The Morgan fingerprint density at radius 3 is 1.45 bits per heavy atom. The van der Waals surface area contributed by atoms with Gasteiger partial charge in [0.15, 0.2) is 0 Å². The number of fused-ring (bicyclic) bond motifs is 2. The number of benzene rings is 5. The third kappa shape index (κ3) is 3.51. The van der Waals surface area contributed by atoms with Crippen LogP contribution in [0.4, 0.5) is 34.1 Å². The van der Waals surface area contributed by atoms with Crippen LogP contribution in [0.5, 0.6) is 0 Å². The van der Waals surface area contributed by atoms with E-state index in [1.807, 2.05) is 0 Å². The van der Waals surface area contributed by atoms with Gasteiger partial charge in [0.25, 0.3) is 0 Å². The molecule has 3 heteroatoms. The first kappa shape index (κ1) is 19.8. The Morgan fingerprint density at radius 1 is 0.394 bits per heavy atom. The van der Waals surface area contributed by atoms with Gasteiger partial charge in [0, 0.05) is 15.8 Å². The van der Waals surface area contributed by atoms with Crippen LogP contribution in [0.3, 0.4) is 0 Å². The summed E-state index contributed by atoms with van der Waals surface area (Å²) in [7, 11) is 0. The molecule has 158 valence electrons. The maximum absolute atomic E-state index is 3.57. The zero-order valence-corrected chi connectivity index (χ0v) is 19.5. The lowest BCUT2D eigenvalue weighted by Gasteiger charge is -2.40. The molecule has 0 atom stereocenters. The first-order valence-corrected chi connectivity index (χ1v) is 11.8. The van der Waals surface area contributed by atoms with Crippen molar-refractivity contribution >= 4 is 50.1 Å². The molecule has 0 spiro atoms. The van der Waals surface area contributed by atoms with Crippen LogP contribution in [0.25, 0.3) is 11.1 Å². The molecule has 1 aliphatic heterocycles. The number of para-hydroxylation sites is 4. The van der Waals surface area contributed by atoms with E-state index in [1.54, 1.807) is 0 Å². The van der Waals surface area contributed by atoms with Crippen LogP contribution in [-0.2, 0) is 0 Å². The summed E-state index contributed by atoms with van der Waals surface area (Å²) >= 11 is 3.57. The standard InChI is InChI=1S/C30H21BrN2/c31-24-17-19-25(20-18-24)32-27-13-4-6-15-29(27)33(30-16-7-5-14-28(30)32)26-12-8-11-23(21-26)22-9-2-1-3-10-22/h1-21H. The van der Waals surface area contributed by atoms with Crippen molar-refractivity contribution in [3.05, 3.63) is 132 Å². The summed E-state index contributed by atoms with van der Waals surface area (Å²) in [6.07, 6.45) is 0. The fourth-order valence-electron chi connectivity index (χ4n) is 4.55. The first-order valence-electron chi connectivity index (χ1n) is 11.0. The second-order valence-electron chi connectivity index (χ2n) is 8.04. The van der Waals surface area contributed by atoms with Gasteiger partial charge in [-0.2, -0.15) is 0 Å². The number of hydrogen-bond acceptors (Lipinski definition) is 2. The lowest BCUT2D eigenvalue weighted by Crippen LogP contribution is -2.23. The number of anilines is 6. The van der Waals surface area contributed by atoms with Crippen molar-refractivity contribution in [1.82, 2.24) is 0 Å². The Hall–Kier alpha value is -3.82. The van der Waals surface area contributed by atoms with Crippen LogP contribution in [0.2, 0.25) is 0 Å². The lowest BCUT2D eigenvalue weighted by molar-refractivity contribution is 1.17. The SMILES string of the molecule is Brc1ccc(N2c3ccccc3N(c3cccc(-c4ccccc4)c3)c3ccccc32)cc1. The van der Waals surface area contributed by atoms with Gasteiger partial charge in [-0.05, 0) is 71.8 Å². The van der Waals surface area contributed by atoms with E-state index in [9.17, 15) is 0 Å².